The number of hydrogen-bond donors (Lipinski definition) is 3. The summed E-state index contributed by atoms with van der Waals surface area (Å²) in [5.74, 6) is -1.15. The van der Waals surface area contributed by atoms with Gasteiger partial charge in [0, 0.05) is 6.54 Å². The standard InChI is InChI=1S/C24H22F3NO5S/c25-24(26,27)19-3-1-2-18(14-19)22(29)15-28-13-12-16-4-8-20(9-5-16)34(32,33)21-10-6-17(7-11-21)23(30)31/h1-11,14,22,28-29H,12-13,15H2,(H,30,31)/t22-/m0/s1. The molecular weight excluding hydrogens is 471 g/mol. The largest absolute Gasteiger partial charge is 0.478 e. The molecule has 1 atom stereocenters. The van der Waals surface area contributed by atoms with Crippen LogP contribution in [0.3, 0.4) is 0 Å². The number of hydrogen-bond acceptors (Lipinski definition) is 5. The Morgan fingerprint density at radius 2 is 1.53 bits per heavy atom. The molecular formula is C24H22F3NO5S. The lowest BCUT2D eigenvalue weighted by molar-refractivity contribution is -0.137. The third-order valence-electron chi connectivity index (χ3n) is 5.17. The fourth-order valence-electron chi connectivity index (χ4n) is 3.26. The van der Waals surface area contributed by atoms with Crippen LogP contribution in [0.4, 0.5) is 13.2 Å². The van der Waals surface area contributed by atoms with Gasteiger partial charge in [-0.3, -0.25) is 0 Å². The fraction of sp³-hybridized carbons (Fsp3) is 0.208. The zero-order chi connectivity index (χ0) is 24.9. The van der Waals surface area contributed by atoms with E-state index in [0.29, 0.717) is 13.0 Å². The van der Waals surface area contributed by atoms with Crippen LogP contribution in [-0.4, -0.2) is 37.7 Å². The molecule has 0 saturated carbocycles. The molecule has 0 bridgehead atoms. The third-order valence-corrected chi connectivity index (χ3v) is 6.96. The molecule has 0 aliphatic carbocycles. The lowest BCUT2D eigenvalue weighted by atomic mass is 10.1. The van der Waals surface area contributed by atoms with Crippen LogP contribution in [0.2, 0.25) is 0 Å². The highest BCUT2D eigenvalue weighted by molar-refractivity contribution is 7.91. The van der Waals surface area contributed by atoms with Crippen molar-refractivity contribution in [2.24, 2.45) is 0 Å². The fourth-order valence-corrected chi connectivity index (χ4v) is 4.52. The summed E-state index contributed by atoms with van der Waals surface area (Å²) < 4.78 is 63.9. The van der Waals surface area contributed by atoms with E-state index in [4.69, 9.17) is 5.11 Å². The Bertz CT molecular complexity index is 1240. The highest BCUT2D eigenvalue weighted by Crippen LogP contribution is 2.30. The number of halogens is 3. The first-order valence-electron chi connectivity index (χ1n) is 10.2. The van der Waals surface area contributed by atoms with E-state index in [1.54, 1.807) is 12.1 Å². The van der Waals surface area contributed by atoms with Crippen LogP contribution in [0, 0.1) is 0 Å². The predicted molar refractivity (Wildman–Crippen MR) is 118 cm³/mol. The molecule has 0 unspecified atom stereocenters. The Balaban J connectivity index is 1.55. The Hall–Kier alpha value is -3.21. The average Bonchev–Trinajstić information content (AvgIpc) is 2.81. The molecule has 0 amide bonds. The summed E-state index contributed by atoms with van der Waals surface area (Å²) in [7, 11) is -3.80. The van der Waals surface area contributed by atoms with Gasteiger partial charge in [-0.25, -0.2) is 13.2 Å². The van der Waals surface area contributed by atoms with Crippen molar-refractivity contribution in [1.29, 1.82) is 0 Å². The van der Waals surface area contributed by atoms with Gasteiger partial charge in [0.2, 0.25) is 9.84 Å². The molecule has 10 heteroatoms. The van der Waals surface area contributed by atoms with E-state index < -0.39 is 33.7 Å². The van der Waals surface area contributed by atoms with Gasteiger partial charge in [0.05, 0.1) is 27.0 Å². The van der Waals surface area contributed by atoms with Gasteiger partial charge in [-0.1, -0.05) is 24.3 Å². The van der Waals surface area contributed by atoms with Crippen LogP contribution >= 0.6 is 0 Å². The number of carboxylic acid groups (broad SMARTS) is 1. The molecule has 0 spiro atoms. The second-order valence-corrected chi connectivity index (χ2v) is 9.52. The van der Waals surface area contributed by atoms with Crippen molar-refractivity contribution < 1.29 is 36.6 Å². The summed E-state index contributed by atoms with van der Waals surface area (Å²) in [5, 5.41) is 22.1. The maximum absolute atomic E-state index is 12.8. The van der Waals surface area contributed by atoms with Crippen molar-refractivity contribution >= 4 is 15.8 Å². The number of aromatic carboxylic acids is 1. The minimum absolute atomic E-state index is 0.0139. The van der Waals surface area contributed by atoms with Gasteiger partial charge >= 0.3 is 12.1 Å². The Morgan fingerprint density at radius 1 is 0.941 bits per heavy atom. The van der Waals surface area contributed by atoms with E-state index >= 15 is 0 Å². The van der Waals surface area contributed by atoms with Crippen molar-refractivity contribution in [3.63, 3.8) is 0 Å². The molecule has 3 aromatic rings. The zero-order valence-corrected chi connectivity index (χ0v) is 18.6. The van der Waals surface area contributed by atoms with E-state index in [1.165, 1.54) is 48.5 Å². The van der Waals surface area contributed by atoms with Crippen LogP contribution in [-0.2, 0) is 22.4 Å². The minimum atomic E-state index is -4.48. The maximum Gasteiger partial charge on any atom is 0.416 e. The number of sulfone groups is 1. The first-order chi connectivity index (χ1) is 16.0. The molecule has 3 rings (SSSR count). The minimum Gasteiger partial charge on any atom is -0.478 e. The van der Waals surface area contributed by atoms with Crippen LogP contribution in [0.15, 0.2) is 82.6 Å². The number of carboxylic acids is 1. The van der Waals surface area contributed by atoms with Gasteiger partial charge in [-0.05, 0) is 72.6 Å². The van der Waals surface area contributed by atoms with Crippen molar-refractivity contribution in [2.45, 2.75) is 28.5 Å². The molecule has 0 aliphatic rings. The number of alkyl halides is 3. The van der Waals surface area contributed by atoms with Crippen molar-refractivity contribution in [2.75, 3.05) is 13.1 Å². The number of aliphatic hydroxyl groups is 1. The summed E-state index contributed by atoms with van der Waals surface area (Å²) in [5.41, 5.74) is 0.145. The Labute approximate surface area is 194 Å². The van der Waals surface area contributed by atoms with E-state index in [0.717, 1.165) is 17.7 Å². The number of rotatable bonds is 9. The lowest BCUT2D eigenvalue weighted by Crippen LogP contribution is -2.24. The normalized spacial score (nSPS) is 12.9. The number of carbonyl (C=O) groups is 1. The van der Waals surface area contributed by atoms with Gasteiger partial charge in [-0.2, -0.15) is 13.2 Å². The summed E-state index contributed by atoms with van der Waals surface area (Å²) in [4.78, 5) is 11.0. The Morgan fingerprint density at radius 3 is 2.09 bits per heavy atom. The third kappa shape index (κ3) is 6.22. The van der Waals surface area contributed by atoms with Crippen molar-refractivity contribution in [3.8, 4) is 0 Å². The molecule has 0 radical (unpaired) electrons. The highest BCUT2D eigenvalue weighted by atomic mass is 32.2. The predicted octanol–water partition coefficient (Wildman–Crippen LogP) is 4.10. The molecule has 0 aliphatic heterocycles. The first kappa shape index (κ1) is 25.4. The van der Waals surface area contributed by atoms with Gasteiger partial charge in [0.25, 0.3) is 0 Å². The Kier molecular flexibility index (Phi) is 7.75. The van der Waals surface area contributed by atoms with E-state index in [1.807, 2.05) is 0 Å². The van der Waals surface area contributed by atoms with Gasteiger partial charge < -0.3 is 15.5 Å². The number of nitrogens with one attached hydrogen (secondary N) is 1. The molecule has 180 valence electrons. The van der Waals surface area contributed by atoms with Crippen LogP contribution in [0.1, 0.15) is 33.2 Å². The van der Waals surface area contributed by atoms with E-state index in [9.17, 15) is 31.5 Å². The number of benzene rings is 3. The lowest BCUT2D eigenvalue weighted by Gasteiger charge is -2.14. The second-order valence-electron chi connectivity index (χ2n) is 7.57. The number of aliphatic hydroxyl groups excluding tert-OH is 1. The summed E-state index contributed by atoms with van der Waals surface area (Å²) in [6.45, 7) is 0.471. The molecule has 3 aromatic carbocycles. The van der Waals surface area contributed by atoms with Crippen molar-refractivity contribution in [1.82, 2.24) is 5.32 Å². The SMILES string of the molecule is O=C(O)c1ccc(S(=O)(=O)c2ccc(CCNC[C@H](O)c3cccc(C(F)(F)F)c3)cc2)cc1. The van der Waals surface area contributed by atoms with Crippen LogP contribution in [0.5, 0.6) is 0 Å². The van der Waals surface area contributed by atoms with E-state index in [-0.39, 0.29) is 27.5 Å². The summed E-state index contributed by atoms with van der Waals surface area (Å²) >= 11 is 0. The van der Waals surface area contributed by atoms with Crippen LogP contribution in [0.25, 0.3) is 0 Å². The molecule has 3 N–H and O–H groups in total. The molecule has 0 saturated heterocycles. The monoisotopic (exact) mass is 493 g/mol. The summed E-state index contributed by atoms with van der Waals surface area (Å²) in [6.07, 6.45) is -5.09. The molecule has 34 heavy (non-hydrogen) atoms. The smallest absolute Gasteiger partial charge is 0.416 e. The molecule has 6 nitrogen and oxygen atoms in total. The van der Waals surface area contributed by atoms with Crippen molar-refractivity contribution in [3.05, 3.63) is 95.1 Å². The average molecular weight is 494 g/mol. The topological polar surface area (TPSA) is 104 Å². The zero-order valence-electron chi connectivity index (χ0n) is 17.8. The van der Waals surface area contributed by atoms with Crippen LogP contribution < -0.4 is 5.32 Å². The molecule has 0 fully saturated rings. The second kappa shape index (κ2) is 10.4. The van der Waals surface area contributed by atoms with E-state index in [2.05, 4.69) is 5.32 Å². The summed E-state index contributed by atoms with van der Waals surface area (Å²) in [6, 6.07) is 15.7. The van der Waals surface area contributed by atoms with Gasteiger partial charge in [-0.15, -0.1) is 0 Å². The molecule has 0 aromatic heterocycles. The maximum atomic E-state index is 12.8. The quantitative estimate of drug-likeness (QED) is 0.388. The first-order valence-corrected chi connectivity index (χ1v) is 11.7. The van der Waals surface area contributed by atoms with Gasteiger partial charge in [0.15, 0.2) is 0 Å². The molecule has 0 heterocycles. The van der Waals surface area contributed by atoms with Gasteiger partial charge in [0.1, 0.15) is 0 Å². The highest BCUT2D eigenvalue weighted by Gasteiger charge is 2.30.